The number of nitrogens with one attached hydrogen (secondary N) is 1. The van der Waals surface area contributed by atoms with Crippen molar-refractivity contribution < 1.29 is 9.90 Å². The van der Waals surface area contributed by atoms with Gasteiger partial charge in [-0.1, -0.05) is 62.7 Å². The monoisotopic (exact) mass is 430 g/mol. The third kappa shape index (κ3) is 6.07. The van der Waals surface area contributed by atoms with E-state index in [1.807, 2.05) is 42.2 Å². The number of amides is 1. The van der Waals surface area contributed by atoms with Crippen LogP contribution in [0.15, 0.2) is 48.5 Å². The number of fused-ring (bicyclic) bond motifs is 1. The molecule has 0 fully saturated rings. The maximum Gasteiger partial charge on any atom is 0.259 e. The van der Waals surface area contributed by atoms with Crippen molar-refractivity contribution in [2.45, 2.75) is 58.5 Å². The van der Waals surface area contributed by atoms with E-state index in [1.54, 1.807) is 12.1 Å². The van der Waals surface area contributed by atoms with Gasteiger partial charge in [0, 0.05) is 17.6 Å². The summed E-state index contributed by atoms with van der Waals surface area (Å²) in [7, 11) is 0. The van der Waals surface area contributed by atoms with E-state index in [0.717, 1.165) is 38.0 Å². The summed E-state index contributed by atoms with van der Waals surface area (Å²) in [6, 6.07) is 15.4. The predicted octanol–water partition coefficient (Wildman–Crippen LogP) is 5.43. The SMILES string of the molecule is CCC1(C)CN(C(=O)c2ccccc2Cl)c2ccccc21.CCNCCCC(C)O. The maximum absolute atomic E-state index is 12.9. The molecule has 0 saturated carbocycles. The van der Waals surface area contributed by atoms with Gasteiger partial charge in [0.15, 0.2) is 0 Å². The number of aliphatic hydroxyl groups excluding tert-OH is 1. The summed E-state index contributed by atoms with van der Waals surface area (Å²) >= 11 is 6.18. The molecule has 0 spiro atoms. The number of benzene rings is 2. The van der Waals surface area contributed by atoms with Gasteiger partial charge < -0.3 is 15.3 Å². The minimum atomic E-state index is -0.136. The second-order valence-electron chi connectivity index (χ2n) is 8.15. The maximum atomic E-state index is 12.9. The zero-order valence-corrected chi connectivity index (χ0v) is 19.4. The van der Waals surface area contributed by atoms with E-state index in [-0.39, 0.29) is 17.4 Å². The van der Waals surface area contributed by atoms with Crippen LogP contribution >= 0.6 is 11.6 Å². The van der Waals surface area contributed by atoms with Gasteiger partial charge in [-0.2, -0.15) is 0 Å². The Kier molecular flexibility index (Phi) is 9.35. The van der Waals surface area contributed by atoms with Crippen molar-refractivity contribution in [3.8, 4) is 0 Å². The van der Waals surface area contributed by atoms with Crippen molar-refractivity contribution >= 4 is 23.2 Å². The Morgan fingerprint density at radius 2 is 1.87 bits per heavy atom. The van der Waals surface area contributed by atoms with Gasteiger partial charge in [-0.05, 0) is 63.0 Å². The number of carbonyl (C=O) groups excluding carboxylic acids is 1. The lowest BCUT2D eigenvalue weighted by Crippen LogP contribution is -2.35. The van der Waals surface area contributed by atoms with Crippen LogP contribution in [0, 0.1) is 0 Å². The average Bonchev–Trinajstić information content (AvgIpc) is 3.05. The van der Waals surface area contributed by atoms with Crippen LogP contribution in [0.2, 0.25) is 5.02 Å². The molecular weight excluding hydrogens is 396 g/mol. The Labute approximate surface area is 186 Å². The lowest BCUT2D eigenvalue weighted by Gasteiger charge is -2.24. The van der Waals surface area contributed by atoms with Crippen molar-refractivity contribution in [3.05, 3.63) is 64.7 Å². The molecule has 30 heavy (non-hydrogen) atoms. The van der Waals surface area contributed by atoms with Crippen LogP contribution in [-0.4, -0.2) is 36.8 Å². The summed E-state index contributed by atoms with van der Waals surface area (Å²) in [6.07, 6.45) is 2.85. The number of hydrogen-bond acceptors (Lipinski definition) is 3. The molecule has 0 aromatic heterocycles. The Hall–Kier alpha value is -1.88. The van der Waals surface area contributed by atoms with Crippen LogP contribution in [0.5, 0.6) is 0 Å². The van der Waals surface area contributed by atoms with E-state index in [4.69, 9.17) is 16.7 Å². The summed E-state index contributed by atoms with van der Waals surface area (Å²) in [5.74, 6) is -0.0229. The number of hydrogen-bond donors (Lipinski definition) is 2. The predicted molar refractivity (Wildman–Crippen MR) is 127 cm³/mol. The second kappa shape index (κ2) is 11.5. The van der Waals surface area contributed by atoms with Gasteiger partial charge in [-0.15, -0.1) is 0 Å². The molecule has 2 aromatic rings. The van der Waals surface area contributed by atoms with E-state index in [0.29, 0.717) is 17.1 Å². The molecule has 0 bridgehead atoms. The summed E-state index contributed by atoms with van der Waals surface area (Å²) in [6.45, 7) is 11.0. The number of anilines is 1. The van der Waals surface area contributed by atoms with Crippen molar-refractivity contribution in [1.82, 2.24) is 5.32 Å². The third-order valence-electron chi connectivity index (χ3n) is 5.71. The molecule has 1 aliphatic rings. The zero-order chi connectivity index (χ0) is 22.1. The first kappa shape index (κ1) is 24.4. The van der Waals surface area contributed by atoms with Crippen LogP contribution in [0.1, 0.15) is 62.9 Å². The molecule has 5 heteroatoms. The number of nitrogens with zero attached hydrogens (tertiary/aromatic N) is 1. The van der Waals surface area contributed by atoms with Gasteiger partial charge in [0.05, 0.1) is 16.7 Å². The lowest BCUT2D eigenvalue weighted by molar-refractivity contribution is 0.0985. The molecule has 1 amide bonds. The summed E-state index contributed by atoms with van der Waals surface area (Å²) < 4.78 is 0. The minimum Gasteiger partial charge on any atom is -0.393 e. The van der Waals surface area contributed by atoms with Gasteiger partial charge in [0.1, 0.15) is 0 Å². The van der Waals surface area contributed by atoms with Gasteiger partial charge in [0.25, 0.3) is 5.91 Å². The van der Waals surface area contributed by atoms with Crippen LogP contribution in [-0.2, 0) is 5.41 Å². The van der Waals surface area contributed by atoms with Gasteiger partial charge in [-0.25, -0.2) is 0 Å². The Bertz CT molecular complexity index is 824. The molecule has 0 radical (unpaired) electrons. The minimum absolute atomic E-state index is 0.00745. The normalized spacial score (nSPS) is 18.4. The molecule has 1 heterocycles. The molecule has 2 N–H and O–H groups in total. The Balaban J connectivity index is 0.000000303. The summed E-state index contributed by atoms with van der Waals surface area (Å²) in [4.78, 5) is 14.7. The lowest BCUT2D eigenvalue weighted by atomic mass is 9.82. The molecular formula is C25H35ClN2O2. The molecule has 164 valence electrons. The van der Waals surface area contributed by atoms with Gasteiger partial charge in [0.2, 0.25) is 0 Å². The molecule has 2 aromatic carbocycles. The van der Waals surface area contributed by atoms with Crippen LogP contribution in [0.3, 0.4) is 0 Å². The smallest absolute Gasteiger partial charge is 0.259 e. The quantitative estimate of drug-likeness (QED) is 0.576. The third-order valence-corrected chi connectivity index (χ3v) is 6.04. The first-order chi connectivity index (χ1) is 14.3. The number of halogens is 1. The van der Waals surface area contributed by atoms with E-state index in [2.05, 4.69) is 32.2 Å². The van der Waals surface area contributed by atoms with Gasteiger partial charge >= 0.3 is 0 Å². The fourth-order valence-corrected chi connectivity index (χ4v) is 3.92. The highest BCUT2D eigenvalue weighted by atomic mass is 35.5. The summed E-state index contributed by atoms with van der Waals surface area (Å²) in [5, 5.41) is 12.5. The highest BCUT2D eigenvalue weighted by Crippen LogP contribution is 2.43. The number of carbonyl (C=O) groups is 1. The van der Waals surface area contributed by atoms with E-state index in [1.165, 1.54) is 5.56 Å². The van der Waals surface area contributed by atoms with Crippen LogP contribution in [0.4, 0.5) is 5.69 Å². The standard InChI is InChI=1S/C18H18ClNO.C7H17NO/c1-3-18(2)12-20(16-11-7-5-9-14(16)18)17(21)13-8-4-6-10-15(13)19;1-3-8-6-4-5-7(2)9/h4-11H,3,12H2,1-2H3;7-9H,3-6H2,1-2H3. The second-order valence-corrected chi connectivity index (χ2v) is 8.55. The van der Waals surface area contributed by atoms with Crippen molar-refractivity contribution in [3.63, 3.8) is 0 Å². The molecule has 2 atom stereocenters. The molecule has 0 saturated heterocycles. The highest BCUT2D eigenvalue weighted by molar-refractivity contribution is 6.34. The van der Waals surface area contributed by atoms with Crippen LogP contribution in [0.25, 0.3) is 0 Å². The number of rotatable bonds is 7. The summed E-state index contributed by atoms with van der Waals surface area (Å²) in [5.41, 5.74) is 2.82. The zero-order valence-electron chi connectivity index (χ0n) is 18.6. The number of para-hydroxylation sites is 1. The Morgan fingerprint density at radius 3 is 2.50 bits per heavy atom. The molecule has 2 unspecified atom stereocenters. The first-order valence-corrected chi connectivity index (χ1v) is 11.3. The average molecular weight is 431 g/mol. The number of aliphatic hydroxyl groups is 1. The van der Waals surface area contributed by atoms with Crippen molar-refractivity contribution in [1.29, 1.82) is 0 Å². The largest absolute Gasteiger partial charge is 0.393 e. The van der Waals surface area contributed by atoms with E-state index < -0.39 is 0 Å². The fourth-order valence-electron chi connectivity index (χ4n) is 3.70. The van der Waals surface area contributed by atoms with Crippen LogP contribution < -0.4 is 10.2 Å². The first-order valence-electron chi connectivity index (χ1n) is 10.9. The van der Waals surface area contributed by atoms with E-state index in [9.17, 15) is 4.79 Å². The molecule has 1 aliphatic heterocycles. The molecule has 0 aliphatic carbocycles. The molecule has 3 rings (SSSR count). The fraction of sp³-hybridized carbons (Fsp3) is 0.480. The Morgan fingerprint density at radius 1 is 1.20 bits per heavy atom. The topological polar surface area (TPSA) is 52.6 Å². The van der Waals surface area contributed by atoms with E-state index >= 15 is 0 Å². The van der Waals surface area contributed by atoms with Crippen molar-refractivity contribution in [2.24, 2.45) is 0 Å². The van der Waals surface area contributed by atoms with Crippen molar-refractivity contribution in [2.75, 3.05) is 24.5 Å². The highest BCUT2D eigenvalue weighted by Gasteiger charge is 2.40. The van der Waals surface area contributed by atoms with Gasteiger partial charge in [-0.3, -0.25) is 4.79 Å². The molecule has 4 nitrogen and oxygen atoms in total.